The van der Waals surface area contributed by atoms with Crippen molar-refractivity contribution < 1.29 is 9.90 Å². The van der Waals surface area contributed by atoms with E-state index in [9.17, 15) is 9.90 Å². The van der Waals surface area contributed by atoms with Crippen LogP contribution in [0.2, 0.25) is 0 Å². The minimum absolute atomic E-state index is 0.0139. The lowest BCUT2D eigenvalue weighted by molar-refractivity contribution is -0.121. The number of fused-ring (bicyclic) bond motifs is 1. The highest BCUT2D eigenvalue weighted by molar-refractivity contribution is 7.99. The average molecular weight is 293 g/mol. The molecule has 108 valence electrons. The number of hydrogen-bond donors (Lipinski definition) is 2. The molecule has 0 aliphatic carbocycles. The summed E-state index contributed by atoms with van der Waals surface area (Å²) < 4.78 is 1.89. The molecule has 2 rings (SSSR count). The number of hydrogen-bond acceptors (Lipinski definition) is 4. The second-order valence-electron chi connectivity index (χ2n) is 4.69. The molecule has 1 amide bonds. The molecule has 0 fully saturated rings. The van der Waals surface area contributed by atoms with Crippen LogP contribution in [-0.2, 0) is 11.2 Å². The van der Waals surface area contributed by atoms with Gasteiger partial charge in [-0.05, 0) is 25.3 Å². The Bertz CT molecular complexity index is 548. The molecule has 2 atom stereocenters. The number of aliphatic hydroxyl groups excluding tert-OH is 1. The van der Waals surface area contributed by atoms with Crippen LogP contribution < -0.4 is 5.32 Å². The van der Waals surface area contributed by atoms with Gasteiger partial charge >= 0.3 is 0 Å². The van der Waals surface area contributed by atoms with Crippen LogP contribution in [0.1, 0.15) is 12.6 Å². The lowest BCUT2D eigenvalue weighted by atomic mass is 10.2. The van der Waals surface area contributed by atoms with Crippen molar-refractivity contribution in [1.82, 2.24) is 14.7 Å². The van der Waals surface area contributed by atoms with E-state index in [0.717, 1.165) is 11.3 Å². The van der Waals surface area contributed by atoms with Gasteiger partial charge in [0, 0.05) is 23.7 Å². The summed E-state index contributed by atoms with van der Waals surface area (Å²) in [4.78, 5) is 16.4. The van der Waals surface area contributed by atoms with Crippen LogP contribution in [0.15, 0.2) is 30.6 Å². The Morgan fingerprint density at radius 1 is 1.55 bits per heavy atom. The minimum Gasteiger partial charge on any atom is -0.395 e. The van der Waals surface area contributed by atoms with Crippen molar-refractivity contribution in [3.05, 3.63) is 36.3 Å². The third-order valence-corrected chi connectivity index (χ3v) is 4.35. The van der Waals surface area contributed by atoms with Gasteiger partial charge in [0.05, 0.1) is 18.7 Å². The number of nitrogens with one attached hydrogen (secondary N) is 1. The number of aromatic nitrogens is 2. The zero-order chi connectivity index (χ0) is 14.5. The summed E-state index contributed by atoms with van der Waals surface area (Å²) in [6.45, 7) is 1.95. The second kappa shape index (κ2) is 6.76. The summed E-state index contributed by atoms with van der Waals surface area (Å²) in [7, 11) is 0. The Hall–Kier alpha value is -1.53. The first-order valence-corrected chi connectivity index (χ1v) is 7.78. The quantitative estimate of drug-likeness (QED) is 0.837. The molecule has 6 heteroatoms. The summed E-state index contributed by atoms with van der Waals surface area (Å²) >= 11 is 1.55. The SMILES string of the molecule is CSC(CO)C(C)NC(=O)Cc1cn2ccccc2n1. The molecular weight excluding hydrogens is 274 g/mol. The molecule has 0 spiro atoms. The summed E-state index contributed by atoms with van der Waals surface area (Å²) in [6, 6.07) is 5.67. The summed E-state index contributed by atoms with van der Waals surface area (Å²) in [6.07, 6.45) is 5.93. The van der Waals surface area contributed by atoms with Crippen molar-refractivity contribution in [3.8, 4) is 0 Å². The Kier molecular flexibility index (Phi) is 5.03. The van der Waals surface area contributed by atoms with Gasteiger partial charge in [-0.1, -0.05) is 6.07 Å². The number of pyridine rings is 1. The van der Waals surface area contributed by atoms with Gasteiger partial charge in [0.25, 0.3) is 0 Å². The van der Waals surface area contributed by atoms with E-state index in [1.54, 1.807) is 11.8 Å². The predicted octanol–water partition coefficient (Wildman–Crippen LogP) is 1.11. The van der Waals surface area contributed by atoms with Crippen molar-refractivity contribution in [1.29, 1.82) is 0 Å². The van der Waals surface area contributed by atoms with Crippen LogP contribution in [0, 0.1) is 0 Å². The van der Waals surface area contributed by atoms with Crippen LogP contribution in [0.25, 0.3) is 5.65 Å². The molecule has 2 aromatic heterocycles. The van der Waals surface area contributed by atoms with Gasteiger partial charge in [-0.15, -0.1) is 0 Å². The van der Waals surface area contributed by atoms with Crippen LogP contribution in [0.5, 0.6) is 0 Å². The van der Waals surface area contributed by atoms with Crippen molar-refractivity contribution in [2.24, 2.45) is 0 Å². The Morgan fingerprint density at radius 2 is 2.35 bits per heavy atom. The molecule has 5 nitrogen and oxygen atoms in total. The fraction of sp³-hybridized carbons (Fsp3) is 0.429. The van der Waals surface area contributed by atoms with Crippen molar-refractivity contribution in [2.45, 2.75) is 24.6 Å². The smallest absolute Gasteiger partial charge is 0.226 e. The first kappa shape index (κ1) is 14.9. The van der Waals surface area contributed by atoms with E-state index in [1.165, 1.54) is 0 Å². The molecule has 0 saturated carbocycles. The fourth-order valence-electron chi connectivity index (χ4n) is 2.07. The van der Waals surface area contributed by atoms with Gasteiger partial charge in [0.15, 0.2) is 0 Å². The first-order valence-electron chi connectivity index (χ1n) is 6.49. The van der Waals surface area contributed by atoms with Gasteiger partial charge in [-0.3, -0.25) is 4.79 Å². The molecule has 0 bridgehead atoms. The Morgan fingerprint density at radius 3 is 3.00 bits per heavy atom. The topological polar surface area (TPSA) is 66.6 Å². The molecule has 2 N–H and O–H groups in total. The molecule has 2 heterocycles. The third kappa shape index (κ3) is 3.52. The maximum Gasteiger partial charge on any atom is 0.226 e. The number of amides is 1. The molecule has 0 aliphatic heterocycles. The van der Waals surface area contributed by atoms with Gasteiger partial charge in [-0.25, -0.2) is 4.98 Å². The number of carbonyl (C=O) groups is 1. The molecule has 0 aliphatic rings. The normalized spacial score (nSPS) is 14.2. The van der Waals surface area contributed by atoms with E-state index in [1.807, 2.05) is 48.2 Å². The molecule has 20 heavy (non-hydrogen) atoms. The maximum atomic E-state index is 12.0. The number of aliphatic hydroxyl groups is 1. The molecule has 0 radical (unpaired) electrons. The highest BCUT2D eigenvalue weighted by Crippen LogP contribution is 2.11. The average Bonchev–Trinajstić information content (AvgIpc) is 2.81. The van der Waals surface area contributed by atoms with Gasteiger partial charge in [-0.2, -0.15) is 11.8 Å². The molecule has 2 aromatic rings. The van der Waals surface area contributed by atoms with Crippen LogP contribution >= 0.6 is 11.8 Å². The lowest BCUT2D eigenvalue weighted by Crippen LogP contribution is -2.41. The Labute approximate surface area is 122 Å². The standard InChI is InChI=1S/C14H19N3O2S/c1-10(12(9-18)20-2)15-14(19)7-11-8-17-6-4-3-5-13(17)16-11/h3-6,8,10,12,18H,7,9H2,1-2H3,(H,15,19). The number of carbonyl (C=O) groups excluding carboxylic acids is 1. The highest BCUT2D eigenvalue weighted by Gasteiger charge is 2.18. The van der Waals surface area contributed by atoms with Gasteiger partial charge in [0.2, 0.25) is 5.91 Å². The van der Waals surface area contributed by atoms with Crippen molar-refractivity contribution in [3.63, 3.8) is 0 Å². The molecule has 0 saturated heterocycles. The number of nitrogens with zero attached hydrogens (tertiary/aromatic N) is 2. The van der Waals surface area contributed by atoms with Crippen molar-refractivity contribution in [2.75, 3.05) is 12.9 Å². The zero-order valence-electron chi connectivity index (χ0n) is 11.6. The fourth-order valence-corrected chi connectivity index (χ4v) is 2.70. The van der Waals surface area contributed by atoms with Gasteiger partial charge in [0.1, 0.15) is 5.65 Å². The molecular formula is C14H19N3O2S. The van der Waals surface area contributed by atoms with Crippen LogP contribution in [0.4, 0.5) is 0 Å². The first-order chi connectivity index (χ1) is 9.63. The van der Waals surface area contributed by atoms with E-state index in [2.05, 4.69) is 10.3 Å². The van der Waals surface area contributed by atoms with Crippen LogP contribution in [0.3, 0.4) is 0 Å². The third-order valence-electron chi connectivity index (χ3n) is 3.18. The molecule has 2 unspecified atom stereocenters. The van der Waals surface area contributed by atoms with Crippen LogP contribution in [-0.4, -0.2) is 44.6 Å². The van der Waals surface area contributed by atoms with E-state index in [-0.39, 0.29) is 30.2 Å². The summed E-state index contributed by atoms with van der Waals surface area (Å²) in [5.41, 5.74) is 1.58. The highest BCUT2D eigenvalue weighted by atomic mass is 32.2. The van der Waals surface area contributed by atoms with E-state index in [0.29, 0.717) is 0 Å². The lowest BCUT2D eigenvalue weighted by Gasteiger charge is -2.21. The summed E-state index contributed by atoms with van der Waals surface area (Å²) in [5.74, 6) is -0.0755. The molecule has 0 aromatic carbocycles. The summed E-state index contributed by atoms with van der Waals surface area (Å²) in [5, 5.41) is 12.1. The maximum absolute atomic E-state index is 12.0. The number of rotatable bonds is 6. The minimum atomic E-state index is -0.0755. The number of thioether (sulfide) groups is 1. The monoisotopic (exact) mass is 293 g/mol. The van der Waals surface area contributed by atoms with E-state index in [4.69, 9.17) is 0 Å². The predicted molar refractivity (Wildman–Crippen MR) is 80.9 cm³/mol. The van der Waals surface area contributed by atoms with Crippen molar-refractivity contribution >= 4 is 23.3 Å². The number of imidazole rings is 1. The van der Waals surface area contributed by atoms with Gasteiger partial charge < -0.3 is 14.8 Å². The largest absolute Gasteiger partial charge is 0.395 e. The van der Waals surface area contributed by atoms with E-state index >= 15 is 0 Å². The zero-order valence-corrected chi connectivity index (χ0v) is 12.4. The second-order valence-corrected chi connectivity index (χ2v) is 5.76. The Balaban J connectivity index is 1.97. The van der Waals surface area contributed by atoms with E-state index < -0.39 is 0 Å².